The summed E-state index contributed by atoms with van der Waals surface area (Å²) in [5, 5.41) is 3.44. The fourth-order valence-corrected chi connectivity index (χ4v) is 3.08. The molecule has 1 N–H and O–H groups in total. The van der Waals surface area contributed by atoms with E-state index < -0.39 is 0 Å². The Morgan fingerprint density at radius 2 is 2.00 bits per heavy atom. The molecule has 0 bridgehead atoms. The molecule has 0 saturated carbocycles. The van der Waals surface area contributed by atoms with Crippen LogP contribution in [0.1, 0.15) is 43.6 Å². The standard InChI is InChI=1S/C17H26N2OS/c1-11-7-8-14(12(2)9-11)15-18-13(3)16(20)19(15)10-17(4,5)21-6/h7-9,13,15,18H,10H2,1-6H3. The normalized spacial score (nSPS) is 23.0. The fourth-order valence-electron chi connectivity index (χ4n) is 2.81. The molecule has 2 atom stereocenters. The molecule has 2 unspecified atom stereocenters. The van der Waals surface area contributed by atoms with Crippen LogP contribution in [-0.4, -0.2) is 34.4 Å². The van der Waals surface area contributed by atoms with Gasteiger partial charge in [-0.2, -0.15) is 11.8 Å². The second kappa shape index (κ2) is 6.01. The van der Waals surface area contributed by atoms with Crippen LogP contribution in [-0.2, 0) is 4.79 Å². The number of carbonyl (C=O) groups is 1. The highest BCUT2D eigenvalue weighted by molar-refractivity contribution is 7.99. The second-order valence-corrected chi connectivity index (χ2v) is 8.09. The van der Waals surface area contributed by atoms with E-state index in [1.807, 2.05) is 11.8 Å². The van der Waals surface area contributed by atoms with E-state index >= 15 is 0 Å². The van der Waals surface area contributed by atoms with E-state index in [-0.39, 0.29) is 22.9 Å². The lowest BCUT2D eigenvalue weighted by atomic mass is 10.0. The first-order chi connectivity index (χ1) is 9.75. The monoisotopic (exact) mass is 306 g/mol. The van der Waals surface area contributed by atoms with Crippen molar-refractivity contribution in [2.45, 2.75) is 51.6 Å². The van der Waals surface area contributed by atoms with Gasteiger partial charge in [0.1, 0.15) is 6.17 Å². The Morgan fingerprint density at radius 1 is 1.33 bits per heavy atom. The van der Waals surface area contributed by atoms with Gasteiger partial charge in [-0.05, 0) is 52.0 Å². The van der Waals surface area contributed by atoms with E-state index in [4.69, 9.17) is 0 Å². The molecular weight excluding hydrogens is 280 g/mol. The highest BCUT2D eigenvalue weighted by Gasteiger charge is 2.40. The third-order valence-electron chi connectivity index (χ3n) is 4.20. The molecule has 3 nitrogen and oxygen atoms in total. The van der Waals surface area contributed by atoms with Gasteiger partial charge >= 0.3 is 0 Å². The van der Waals surface area contributed by atoms with Gasteiger partial charge in [0.2, 0.25) is 5.91 Å². The molecule has 1 saturated heterocycles. The van der Waals surface area contributed by atoms with Gasteiger partial charge in [0, 0.05) is 11.3 Å². The summed E-state index contributed by atoms with van der Waals surface area (Å²) in [4.78, 5) is 14.5. The van der Waals surface area contributed by atoms with Crippen molar-refractivity contribution in [2.24, 2.45) is 0 Å². The van der Waals surface area contributed by atoms with Gasteiger partial charge in [0.05, 0.1) is 6.04 Å². The first-order valence-corrected chi connectivity index (χ1v) is 8.66. The Bertz CT molecular complexity index is 542. The van der Waals surface area contributed by atoms with Crippen LogP contribution in [0.5, 0.6) is 0 Å². The zero-order chi connectivity index (χ0) is 15.8. The Hall–Kier alpha value is -1.00. The first kappa shape index (κ1) is 16.4. The summed E-state index contributed by atoms with van der Waals surface area (Å²) in [6.45, 7) is 11.3. The topological polar surface area (TPSA) is 32.3 Å². The molecule has 21 heavy (non-hydrogen) atoms. The van der Waals surface area contributed by atoms with Crippen LogP contribution in [0, 0.1) is 13.8 Å². The van der Waals surface area contributed by atoms with Gasteiger partial charge in [0.15, 0.2) is 0 Å². The van der Waals surface area contributed by atoms with Crippen molar-refractivity contribution in [3.8, 4) is 0 Å². The van der Waals surface area contributed by atoms with E-state index in [1.54, 1.807) is 11.8 Å². The quantitative estimate of drug-likeness (QED) is 0.926. The largest absolute Gasteiger partial charge is 0.320 e. The Kier molecular flexibility index (Phi) is 4.69. The summed E-state index contributed by atoms with van der Waals surface area (Å²) >= 11 is 1.80. The molecule has 1 aliphatic rings. The molecule has 0 aliphatic carbocycles. The average molecular weight is 306 g/mol. The zero-order valence-corrected chi connectivity index (χ0v) is 14.7. The number of benzene rings is 1. The molecule has 116 valence electrons. The lowest BCUT2D eigenvalue weighted by Gasteiger charge is -2.33. The van der Waals surface area contributed by atoms with Gasteiger partial charge in [0.25, 0.3) is 0 Å². The lowest BCUT2D eigenvalue weighted by Crippen LogP contribution is -2.40. The van der Waals surface area contributed by atoms with E-state index in [0.29, 0.717) is 0 Å². The van der Waals surface area contributed by atoms with Crippen molar-refractivity contribution in [1.82, 2.24) is 10.2 Å². The molecule has 1 aromatic rings. The number of hydrogen-bond acceptors (Lipinski definition) is 3. The van der Waals surface area contributed by atoms with Gasteiger partial charge in [-0.3, -0.25) is 10.1 Å². The van der Waals surface area contributed by atoms with E-state index in [2.05, 4.69) is 57.5 Å². The van der Waals surface area contributed by atoms with Crippen LogP contribution >= 0.6 is 11.8 Å². The number of aryl methyl sites for hydroxylation is 2. The minimum atomic E-state index is -0.117. The summed E-state index contributed by atoms with van der Waals surface area (Å²) in [5.41, 5.74) is 3.70. The number of amides is 1. The zero-order valence-electron chi connectivity index (χ0n) is 13.9. The van der Waals surface area contributed by atoms with Gasteiger partial charge in [-0.25, -0.2) is 0 Å². The third kappa shape index (κ3) is 3.43. The number of carbonyl (C=O) groups excluding carboxylic acids is 1. The van der Waals surface area contributed by atoms with Crippen LogP contribution in [0.2, 0.25) is 0 Å². The van der Waals surface area contributed by atoms with E-state index in [0.717, 1.165) is 6.54 Å². The minimum absolute atomic E-state index is 0.0143. The van der Waals surface area contributed by atoms with Gasteiger partial charge in [-0.15, -0.1) is 0 Å². The van der Waals surface area contributed by atoms with Gasteiger partial charge < -0.3 is 4.90 Å². The Morgan fingerprint density at radius 3 is 2.57 bits per heavy atom. The summed E-state index contributed by atoms with van der Waals surface area (Å²) in [7, 11) is 0. The molecule has 1 heterocycles. The van der Waals surface area contributed by atoms with Gasteiger partial charge in [-0.1, -0.05) is 23.8 Å². The number of hydrogen-bond donors (Lipinski definition) is 1. The van der Waals surface area contributed by atoms with Crippen LogP contribution in [0.3, 0.4) is 0 Å². The average Bonchev–Trinajstić information content (AvgIpc) is 2.67. The molecule has 0 aromatic heterocycles. The highest BCUT2D eigenvalue weighted by Crippen LogP contribution is 2.32. The molecule has 0 radical (unpaired) electrons. The molecule has 1 aliphatic heterocycles. The summed E-state index contributed by atoms with van der Waals surface area (Å²) in [6, 6.07) is 6.33. The van der Waals surface area contributed by atoms with Crippen LogP contribution in [0.15, 0.2) is 18.2 Å². The molecule has 1 fully saturated rings. The maximum absolute atomic E-state index is 12.5. The predicted molar refractivity (Wildman–Crippen MR) is 90.6 cm³/mol. The Balaban J connectivity index is 2.34. The second-order valence-electron chi connectivity index (χ2n) is 6.58. The third-order valence-corrected chi connectivity index (χ3v) is 5.43. The number of thioether (sulfide) groups is 1. The van der Waals surface area contributed by atoms with Crippen LogP contribution in [0.25, 0.3) is 0 Å². The minimum Gasteiger partial charge on any atom is -0.320 e. The summed E-state index contributed by atoms with van der Waals surface area (Å²) < 4.78 is 0.0538. The van der Waals surface area contributed by atoms with Crippen molar-refractivity contribution in [3.63, 3.8) is 0 Å². The fraction of sp³-hybridized carbons (Fsp3) is 0.588. The molecular formula is C17H26N2OS. The molecule has 4 heteroatoms. The maximum Gasteiger partial charge on any atom is 0.241 e. The Labute approximate surface area is 132 Å². The number of nitrogens with one attached hydrogen (secondary N) is 1. The lowest BCUT2D eigenvalue weighted by molar-refractivity contribution is -0.130. The van der Waals surface area contributed by atoms with Crippen molar-refractivity contribution in [3.05, 3.63) is 34.9 Å². The van der Waals surface area contributed by atoms with E-state index in [1.165, 1.54) is 16.7 Å². The summed E-state index contributed by atoms with van der Waals surface area (Å²) in [5.74, 6) is 0.196. The molecule has 0 spiro atoms. The SMILES string of the molecule is CSC(C)(C)CN1C(=O)C(C)NC1c1ccc(C)cc1C. The number of nitrogens with zero attached hydrogens (tertiary/aromatic N) is 1. The van der Waals surface area contributed by atoms with Crippen LogP contribution in [0.4, 0.5) is 0 Å². The summed E-state index contributed by atoms with van der Waals surface area (Å²) in [6.07, 6.45) is 2.09. The first-order valence-electron chi connectivity index (χ1n) is 7.44. The molecule has 1 aromatic carbocycles. The van der Waals surface area contributed by atoms with Crippen molar-refractivity contribution >= 4 is 17.7 Å². The van der Waals surface area contributed by atoms with Crippen molar-refractivity contribution < 1.29 is 4.79 Å². The predicted octanol–water partition coefficient (Wildman–Crippen LogP) is 3.26. The maximum atomic E-state index is 12.5. The highest BCUT2D eigenvalue weighted by atomic mass is 32.2. The molecule has 2 rings (SSSR count). The van der Waals surface area contributed by atoms with Crippen molar-refractivity contribution in [2.75, 3.05) is 12.8 Å². The smallest absolute Gasteiger partial charge is 0.241 e. The van der Waals surface area contributed by atoms with Crippen molar-refractivity contribution in [1.29, 1.82) is 0 Å². The van der Waals surface area contributed by atoms with E-state index in [9.17, 15) is 4.79 Å². The molecule has 1 amide bonds. The van der Waals surface area contributed by atoms with Crippen LogP contribution < -0.4 is 5.32 Å². The number of rotatable bonds is 4.